The average molecular weight is 445 g/mol. The molecule has 0 saturated carbocycles. The summed E-state index contributed by atoms with van der Waals surface area (Å²) < 4.78 is 14.6. The molecular formula is C22H22ClFN4O3. The molecule has 162 valence electrons. The number of urea groups is 1. The van der Waals surface area contributed by atoms with Gasteiger partial charge in [0.05, 0.1) is 5.69 Å². The number of nitrogens with zero attached hydrogens (tertiary/aromatic N) is 2. The van der Waals surface area contributed by atoms with Crippen molar-refractivity contribution in [2.45, 2.75) is 31.7 Å². The number of likely N-dealkylation sites (tertiary alicyclic amines) is 1. The Hall–Kier alpha value is -3.13. The molecule has 2 fully saturated rings. The number of hydrogen-bond donors (Lipinski definition) is 2. The van der Waals surface area contributed by atoms with E-state index in [1.54, 1.807) is 30.3 Å². The normalized spacial score (nSPS) is 18.4. The minimum absolute atomic E-state index is 0.0188. The van der Waals surface area contributed by atoms with Crippen molar-refractivity contribution in [3.8, 4) is 0 Å². The Morgan fingerprint density at radius 2 is 1.81 bits per heavy atom. The molecule has 0 spiro atoms. The van der Waals surface area contributed by atoms with Gasteiger partial charge in [0.2, 0.25) is 11.8 Å². The fourth-order valence-corrected chi connectivity index (χ4v) is 4.05. The number of rotatable bonds is 4. The first-order valence-electron chi connectivity index (χ1n) is 10.2. The van der Waals surface area contributed by atoms with Crippen molar-refractivity contribution in [3.05, 3.63) is 53.3 Å². The van der Waals surface area contributed by atoms with E-state index in [-0.39, 0.29) is 11.6 Å². The van der Waals surface area contributed by atoms with Gasteiger partial charge in [0, 0.05) is 35.9 Å². The minimum Gasteiger partial charge on any atom is -0.322 e. The molecule has 2 heterocycles. The van der Waals surface area contributed by atoms with Gasteiger partial charge in [-0.1, -0.05) is 11.6 Å². The van der Waals surface area contributed by atoms with Gasteiger partial charge in [-0.25, -0.2) is 9.18 Å². The molecule has 4 amide bonds. The summed E-state index contributed by atoms with van der Waals surface area (Å²) >= 11 is 5.86. The van der Waals surface area contributed by atoms with Crippen LogP contribution in [-0.2, 0) is 9.59 Å². The lowest BCUT2D eigenvalue weighted by Gasteiger charge is -2.24. The number of benzene rings is 2. The minimum atomic E-state index is -0.702. The van der Waals surface area contributed by atoms with Gasteiger partial charge in [-0.2, -0.15) is 0 Å². The fraction of sp³-hybridized carbons (Fsp3) is 0.318. The largest absolute Gasteiger partial charge is 0.322 e. The zero-order valence-electron chi connectivity index (χ0n) is 16.7. The van der Waals surface area contributed by atoms with E-state index < -0.39 is 23.8 Å². The summed E-state index contributed by atoms with van der Waals surface area (Å²) in [5, 5.41) is 5.89. The lowest BCUT2D eigenvalue weighted by atomic mass is 10.2. The van der Waals surface area contributed by atoms with Crippen molar-refractivity contribution in [2.75, 3.05) is 28.6 Å². The van der Waals surface area contributed by atoms with Gasteiger partial charge in [0.1, 0.15) is 11.9 Å². The summed E-state index contributed by atoms with van der Waals surface area (Å²) in [7, 11) is 0. The predicted octanol–water partition coefficient (Wildman–Crippen LogP) is 4.24. The van der Waals surface area contributed by atoms with E-state index >= 15 is 0 Å². The number of halogens is 2. The van der Waals surface area contributed by atoms with Crippen LogP contribution < -0.4 is 15.5 Å². The second-order valence-corrected chi connectivity index (χ2v) is 8.03. The van der Waals surface area contributed by atoms with E-state index in [4.69, 9.17) is 11.6 Å². The molecule has 0 aliphatic carbocycles. The molecule has 2 aromatic carbocycles. The summed E-state index contributed by atoms with van der Waals surface area (Å²) in [6.45, 7) is 0.986. The van der Waals surface area contributed by atoms with Crippen LogP contribution in [0, 0.1) is 5.82 Å². The van der Waals surface area contributed by atoms with Crippen LogP contribution in [0.25, 0.3) is 0 Å². The molecule has 2 aliphatic heterocycles. The summed E-state index contributed by atoms with van der Waals surface area (Å²) in [6.07, 6.45) is 2.36. The highest BCUT2D eigenvalue weighted by Gasteiger charge is 2.34. The quantitative estimate of drug-likeness (QED) is 0.740. The van der Waals surface area contributed by atoms with E-state index in [9.17, 15) is 18.8 Å². The molecule has 9 heteroatoms. The Morgan fingerprint density at radius 1 is 1.03 bits per heavy atom. The Labute approximate surface area is 184 Å². The third-order valence-corrected chi connectivity index (χ3v) is 5.76. The first kappa shape index (κ1) is 21.1. The standard InChI is InChI=1S/C22H22ClFN4O3/c23-14-5-7-15(8-6-14)25-22(31)28-12-1-3-19(28)21(30)26-18-10-9-16(13-17(18)24)27-11-2-4-20(27)29/h5-10,13,19H,1-4,11-12H2,(H,25,31)(H,26,30)/t19-/m1/s1. The maximum atomic E-state index is 14.6. The molecule has 2 aromatic rings. The number of nitrogens with one attached hydrogen (secondary N) is 2. The van der Waals surface area contributed by atoms with Gasteiger partial charge in [0.25, 0.3) is 0 Å². The van der Waals surface area contributed by atoms with Gasteiger partial charge in [-0.15, -0.1) is 0 Å². The number of hydrogen-bond acceptors (Lipinski definition) is 3. The molecule has 1 atom stereocenters. The van der Waals surface area contributed by atoms with E-state index in [0.29, 0.717) is 48.7 Å². The van der Waals surface area contributed by atoms with Gasteiger partial charge in [-0.3, -0.25) is 9.59 Å². The molecule has 4 rings (SSSR count). The second kappa shape index (κ2) is 8.93. The molecule has 0 radical (unpaired) electrons. The van der Waals surface area contributed by atoms with Crippen LogP contribution in [-0.4, -0.2) is 41.9 Å². The molecule has 0 bridgehead atoms. The molecule has 0 aromatic heterocycles. The maximum absolute atomic E-state index is 14.6. The van der Waals surface area contributed by atoms with Gasteiger partial charge in [-0.05, 0) is 61.7 Å². The molecule has 2 N–H and O–H groups in total. The Kier molecular flexibility index (Phi) is 6.08. The van der Waals surface area contributed by atoms with Crippen LogP contribution in [0.3, 0.4) is 0 Å². The summed E-state index contributed by atoms with van der Waals surface area (Å²) in [5.41, 5.74) is 1.06. The number of amides is 4. The highest BCUT2D eigenvalue weighted by Crippen LogP contribution is 2.27. The average Bonchev–Trinajstić information content (AvgIpc) is 3.40. The van der Waals surface area contributed by atoms with Crippen molar-refractivity contribution in [3.63, 3.8) is 0 Å². The fourth-order valence-electron chi connectivity index (χ4n) is 3.92. The molecule has 31 heavy (non-hydrogen) atoms. The van der Waals surface area contributed by atoms with E-state index in [0.717, 1.165) is 6.42 Å². The lowest BCUT2D eigenvalue weighted by Crippen LogP contribution is -2.45. The zero-order valence-corrected chi connectivity index (χ0v) is 17.5. The van der Waals surface area contributed by atoms with Crippen LogP contribution in [0.4, 0.5) is 26.2 Å². The molecular weight excluding hydrogens is 423 g/mol. The Bertz CT molecular complexity index is 1010. The summed E-state index contributed by atoms with van der Waals surface area (Å²) in [6, 6.07) is 9.87. The number of anilines is 3. The number of carbonyl (C=O) groups excluding carboxylic acids is 3. The van der Waals surface area contributed by atoms with Gasteiger partial charge < -0.3 is 20.4 Å². The first-order chi connectivity index (χ1) is 14.9. The van der Waals surface area contributed by atoms with Crippen LogP contribution >= 0.6 is 11.6 Å². The monoisotopic (exact) mass is 444 g/mol. The number of carbonyl (C=O) groups is 3. The third-order valence-electron chi connectivity index (χ3n) is 5.51. The van der Waals surface area contributed by atoms with Crippen molar-refractivity contribution in [2.24, 2.45) is 0 Å². The van der Waals surface area contributed by atoms with Gasteiger partial charge >= 0.3 is 6.03 Å². The second-order valence-electron chi connectivity index (χ2n) is 7.59. The van der Waals surface area contributed by atoms with Crippen molar-refractivity contribution in [1.82, 2.24) is 4.90 Å². The SMILES string of the molecule is O=C(Nc1ccc(N2CCCC2=O)cc1F)[C@H]1CCCN1C(=O)Nc1ccc(Cl)cc1. The lowest BCUT2D eigenvalue weighted by molar-refractivity contribution is -0.119. The van der Waals surface area contributed by atoms with Crippen LogP contribution in [0.1, 0.15) is 25.7 Å². The van der Waals surface area contributed by atoms with Crippen LogP contribution in [0.15, 0.2) is 42.5 Å². The summed E-state index contributed by atoms with van der Waals surface area (Å²) in [5.74, 6) is -1.11. The van der Waals surface area contributed by atoms with E-state index in [1.807, 2.05) is 0 Å². The van der Waals surface area contributed by atoms with Crippen LogP contribution in [0.5, 0.6) is 0 Å². The molecule has 7 nitrogen and oxygen atoms in total. The van der Waals surface area contributed by atoms with Crippen molar-refractivity contribution >= 4 is 46.5 Å². The Morgan fingerprint density at radius 3 is 2.48 bits per heavy atom. The van der Waals surface area contributed by atoms with Crippen molar-refractivity contribution in [1.29, 1.82) is 0 Å². The highest BCUT2D eigenvalue weighted by atomic mass is 35.5. The maximum Gasteiger partial charge on any atom is 0.322 e. The molecule has 0 unspecified atom stereocenters. The predicted molar refractivity (Wildman–Crippen MR) is 117 cm³/mol. The smallest absolute Gasteiger partial charge is 0.322 e. The third kappa shape index (κ3) is 4.64. The molecule has 2 aliphatic rings. The first-order valence-corrected chi connectivity index (χ1v) is 10.5. The van der Waals surface area contributed by atoms with Gasteiger partial charge in [0.15, 0.2) is 0 Å². The van der Waals surface area contributed by atoms with E-state index in [2.05, 4.69) is 10.6 Å². The van der Waals surface area contributed by atoms with Crippen LogP contribution in [0.2, 0.25) is 5.02 Å². The molecule has 2 saturated heterocycles. The Balaban J connectivity index is 1.42. The topological polar surface area (TPSA) is 81.8 Å². The zero-order chi connectivity index (χ0) is 22.0. The summed E-state index contributed by atoms with van der Waals surface area (Å²) in [4.78, 5) is 40.3. The highest BCUT2D eigenvalue weighted by molar-refractivity contribution is 6.30. The van der Waals surface area contributed by atoms with Crippen molar-refractivity contribution < 1.29 is 18.8 Å². The van der Waals surface area contributed by atoms with E-state index in [1.165, 1.54) is 21.9 Å².